The molecular formula is C7H18N2O2+2. The molecule has 5 N–H and O–H groups in total. The van der Waals surface area contributed by atoms with Crippen molar-refractivity contribution in [1.82, 2.24) is 0 Å². The Bertz CT molecular complexity index is 105. The second-order valence-electron chi connectivity index (χ2n) is 3.01. The molecule has 0 unspecified atom stereocenters. The SMILES string of the molecule is [NH3+]C[C@H](O)C[NH+]1CCOCC1. The van der Waals surface area contributed by atoms with Gasteiger partial charge in [-0.05, 0) is 0 Å². The van der Waals surface area contributed by atoms with Crippen molar-refractivity contribution in [2.24, 2.45) is 0 Å². The molecular weight excluding hydrogens is 144 g/mol. The number of hydrogen-bond donors (Lipinski definition) is 3. The highest BCUT2D eigenvalue weighted by Crippen LogP contribution is 1.76. The zero-order valence-electron chi connectivity index (χ0n) is 6.88. The van der Waals surface area contributed by atoms with Gasteiger partial charge < -0.3 is 20.5 Å². The Labute approximate surface area is 66.9 Å². The summed E-state index contributed by atoms with van der Waals surface area (Å²) in [5.74, 6) is 0. The van der Waals surface area contributed by atoms with E-state index in [1.165, 1.54) is 4.90 Å². The maximum Gasteiger partial charge on any atom is 0.151 e. The van der Waals surface area contributed by atoms with E-state index in [4.69, 9.17) is 4.74 Å². The number of morpholine rings is 1. The fraction of sp³-hybridized carbons (Fsp3) is 1.00. The van der Waals surface area contributed by atoms with Gasteiger partial charge in [-0.1, -0.05) is 0 Å². The van der Waals surface area contributed by atoms with Crippen LogP contribution < -0.4 is 10.6 Å². The van der Waals surface area contributed by atoms with Crippen LogP contribution in [0.4, 0.5) is 0 Å². The van der Waals surface area contributed by atoms with Crippen molar-refractivity contribution >= 4 is 0 Å². The minimum Gasteiger partial charge on any atom is -0.382 e. The number of nitrogens with one attached hydrogen (secondary N) is 1. The van der Waals surface area contributed by atoms with E-state index in [0.717, 1.165) is 32.8 Å². The molecule has 0 spiro atoms. The van der Waals surface area contributed by atoms with E-state index in [0.29, 0.717) is 6.54 Å². The molecule has 11 heavy (non-hydrogen) atoms. The topological polar surface area (TPSA) is 61.5 Å². The molecule has 1 atom stereocenters. The molecule has 1 saturated heterocycles. The molecule has 0 aromatic heterocycles. The molecule has 0 aliphatic carbocycles. The van der Waals surface area contributed by atoms with Crippen LogP contribution >= 0.6 is 0 Å². The van der Waals surface area contributed by atoms with E-state index in [-0.39, 0.29) is 6.10 Å². The molecule has 0 radical (unpaired) electrons. The average molecular weight is 162 g/mol. The Balaban J connectivity index is 2.13. The maximum atomic E-state index is 9.29. The standard InChI is InChI=1S/C7H16N2O2/c8-5-7(10)6-9-1-3-11-4-2-9/h7,10H,1-6,8H2/p+2/t7-/m0/s1. The van der Waals surface area contributed by atoms with Gasteiger partial charge in [0.05, 0.1) is 13.2 Å². The van der Waals surface area contributed by atoms with Crippen molar-refractivity contribution in [1.29, 1.82) is 0 Å². The molecule has 0 bridgehead atoms. The molecule has 1 aliphatic heterocycles. The highest BCUT2D eigenvalue weighted by atomic mass is 16.5. The highest BCUT2D eigenvalue weighted by molar-refractivity contribution is 4.48. The van der Waals surface area contributed by atoms with E-state index in [2.05, 4.69) is 5.73 Å². The Morgan fingerprint density at radius 1 is 1.45 bits per heavy atom. The fourth-order valence-electron chi connectivity index (χ4n) is 1.30. The first-order valence-electron chi connectivity index (χ1n) is 4.21. The minimum atomic E-state index is -0.233. The van der Waals surface area contributed by atoms with Crippen molar-refractivity contribution in [3.63, 3.8) is 0 Å². The number of aliphatic hydroxyl groups is 1. The number of hydrogen-bond acceptors (Lipinski definition) is 2. The summed E-state index contributed by atoms with van der Waals surface area (Å²) < 4.78 is 5.20. The van der Waals surface area contributed by atoms with Crippen LogP contribution in [-0.4, -0.2) is 50.6 Å². The summed E-state index contributed by atoms with van der Waals surface area (Å²) in [5, 5.41) is 9.29. The van der Waals surface area contributed by atoms with Gasteiger partial charge in [-0.2, -0.15) is 0 Å². The molecule has 4 nitrogen and oxygen atoms in total. The lowest BCUT2D eigenvalue weighted by Gasteiger charge is -2.24. The number of ether oxygens (including phenoxy) is 1. The van der Waals surface area contributed by atoms with E-state index in [9.17, 15) is 5.11 Å². The lowest BCUT2D eigenvalue weighted by Crippen LogP contribution is -3.15. The maximum absolute atomic E-state index is 9.29. The van der Waals surface area contributed by atoms with Gasteiger partial charge >= 0.3 is 0 Å². The van der Waals surface area contributed by atoms with Gasteiger partial charge in [0, 0.05) is 0 Å². The zero-order valence-corrected chi connectivity index (χ0v) is 6.88. The average Bonchev–Trinajstić information content (AvgIpc) is 2.06. The lowest BCUT2D eigenvalue weighted by atomic mass is 10.3. The van der Waals surface area contributed by atoms with Crippen molar-refractivity contribution in [3.8, 4) is 0 Å². The van der Waals surface area contributed by atoms with Crippen LogP contribution in [0.5, 0.6) is 0 Å². The highest BCUT2D eigenvalue weighted by Gasteiger charge is 2.17. The third kappa shape index (κ3) is 3.16. The summed E-state index contributed by atoms with van der Waals surface area (Å²) in [7, 11) is 0. The first kappa shape index (κ1) is 8.93. The van der Waals surface area contributed by atoms with Crippen LogP contribution in [0, 0.1) is 0 Å². The van der Waals surface area contributed by atoms with Crippen molar-refractivity contribution in [2.75, 3.05) is 39.4 Å². The number of rotatable bonds is 3. The molecule has 1 rings (SSSR count). The quantitative estimate of drug-likeness (QED) is 0.403. The monoisotopic (exact) mass is 162 g/mol. The van der Waals surface area contributed by atoms with Gasteiger partial charge in [-0.3, -0.25) is 0 Å². The number of aliphatic hydroxyl groups excluding tert-OH is 1. The Morgan fingerprint density at radius 3 is 2.64 bits per heavy atom. The van der Waals surface area contributed by atoms with Crippen LogP contribution in [-0.2, 0) is 4.74 Å². The predicted molar refractivity (Wildman–Crippen MR) is 40.1 cm³/mol. The summed E-state index contributed by atoms with van der Waals surface area (Å²) in [4.78, 5) is 1.44. The van der Waals surface area contributed by atoms with E-state index in [1.807, 2.05) is 0 Å². The van der Waals surface area contributed by atoms with Crippen LogP contribution in [0.15, 0.2) is 0 Å². The Hall–Kier alpha value is -0.160. The third-order valence-corrected chi connectivity index (χ3v) is 2.06. The van der Waals surface area contributed by atoms with E-state index >= 15 is 0 Å². The summed E-state index contributed by atoms with van der Waals surface area (Å²) in [6.07, 6.45) is -0.233. The molecule has 1 fully saturated rings. The van der Waals surface area contributed by atoms with Crippen LogP contribution in [0.25, 0.3) is 0 Å². The van der Waals surface area contributed by atoms with E-state index in [1.54, 1.807) is 0 Å². The molecule has 0 saturated carbocycles. The second-order valence-corrected chi connectivity index (χ2v) is 3.01. The normalized spacial score (nSPS) is 23.5. The minimum absolute atomic E-state index is 0.233. The van der Waals surface area contributed by atoms with Gasteiger partial charge in [0.25, 0.3) is 0 Å². The lowest BCUT2D eigenvalue weighted by molar-refractivity contribution is -0.911. The molecule has 0 amide bonds. The second kappa shape index (κ2) is 4.66. The predicted octanol–water partition coefficient (Wildman–Crippen LogP) is -3.50. The molecule has 1 aliphatic rings. The first-order chi connectivity index (χ1) is 5.33. The van der Waals surface area contributed by atoms with Gasteiger partial charge in [0.1, 0.15) is 26.2 Å². The van der Waals surface area contributed by atoms with Gasteiger partial charge in [0.15, 0.2) is 6.10 Å². The number of quaternary nitrogens is 2. The first-order valence-corrected chi connectivity index (χ1v) is 4.21. The molecule has 66 valence electrons. The molecule has 0 aromatic rings. The van der Waals surface area contributed by atoms with Crippen molar-refractivity contribution < 1.29 is 20.5 Å². The summed E-state index contributed by atoms with van der Waals surface area (Å²) >= 11 is 0. The van der Waals surface area contributed by atoms with Crippen LogP contribution in [0.1, 0.15) is 0 Å². The van der Waals surface area contributed by atoms with Crippen LogP contribution in [0.2, 0.25) is 0 Å². The Morgan fingerprint density at radius 2 is 2.09 bits per heavy atom. The largest absolute Gasteiger partial charge is 0.382 e. The third-order valence-electron chi connectivity index (χ3n) is 2.06. The van der Waals surface area contributed by atoms with Crippen LogP contribution in [0.3, 0.4) is 0 Å². The van der Waals surface area contributed by atoms with E-state index < -0.39 is 0 Å². The fourth-order valence-corrected chi connectivity index (χ4v) is 1.30. The van der Waals surface area contributed by atoms with Gasteiger partial charge in [-0.25, -0.2) is 0 Å². The zero-order chi connectivity index (χ0) is 8.10. The van der Waals surface area contributed by atoms with Crippen molar-refractivity contribution in [3.05, 3.63) is 0 Å². The smallest absolute Gasteiger partial charge is 0.151 e. The Kier molecular flexibility index (Phi) is 3.79. The van der Waals surface area contributed by atoms with Crippen molar-refractivity contribution in [2.45, 2.75) is 6.10 Å². The molecule has 0 aromatic carbocycles. The molecule has 1 heterocycles. The van der Waals surface area contributed by atoms with Gasteiger partial charge in [0.2, 0.25) is 0 Å². The van der Waals surface area contributed by atoms with Gasteiger partial charge in [-0.15, -0.1) is 0 Å². The summed E-state index contributed by atoms with van der Waals surface area (Å²) in [6.45, 7) is 5.16. The molecule has 4 heteroatoms. The summed E-state index contributed by atoms with van der Waals surface area (Å²) in [6, 6.07) is 0. The summed E-state index contributed by atoms with van der Waals surface area (Å²) in [5.41, 5.74) is 3.66.